The molecule has 0 amide bonds. The number of amidine groups is 1. The van der Waals surface area contributed by atoms with Gasteiger partial charge in [-0.2, -0.15) is 0 Å². The predicted octanol–water partition coefficient (Wildman–Crippen LogP) is 2.81. The van der Waals surface area contributed by atoms with Crippen LogP contribution in [0.5, 0.6) is 11.5 Å². The number of nitrogens with one attached hydrogen (secondary N) is 2. The number of imidazole rings is 1. The average Bonchev–Trinajstić information content (AvgIpc) is 3.05. The molecule has 2 heterocycles. The Morgan fingerprint density at radius 1 is 1.17 bits per heavy atom. The number of rotatable bonds is 4. The third kappa shape index (κ3) is 2.58. The summed E-state index contributed by atoms with van der Waals surface area (Å²) in [4.78, 5) is 9.20. The maximum Gasteiger partial charge on any atom is 0.145 e. The number of aryl methyl sites for hydroxylation is 2. The van der Waals surface area contributed by atoms with Crippen molar-refractivity contribution in [2.75, 3.05) is 25.7 Å². The molecule has 1 aromatic heterocycles. The van der Waals surface area contributed by atoms with Crippen LogP contribution in [-0.2, 0) is 0 Å². The van der Waals surface area contributed by atoms with Gasteiger partial charge in [0.25, 0.3) is 0 Å². The molecule has 24 heavy (non-hydrogen) atoms. The topological polar surface area (TPSA) is 94.5 Å². The number of aliphatic hydroxyl groups is 1. The van der Waals surface area contributed by atoms with Gasteiger partial charge in [-0.3, -0.25) is 5.41 Å². The molecule has 0 saturated carbocycles. The van der Waals surface area contributed by atoms with Crippen molar-refractivity contribution in [3.05, 3.63) is 41.2 Å². The van der Waals surface area contributed by atoms with Gasteiger partial charge in [-0.05, 0) is 13.8 Å². The van der Waals surface area contributed by atoms with Gasteiger partial charge in [-0.1, -0.05) is 0 Å². The highest BCUT2D eigenvalue weighted by Gasteiger charge is 2.31. The van der Waals surface area contributed by atoms with Crippen LogP contribution in [0.4, 0.5) is 5.69 Å². The van der Waals surface area contributed by atoms with E-state index in [9.17, 15) is 5.11 Å². The second-order valence-electron chi connectivity index (χ2n) is 5.62. The van der Waals surface area contributed by atoms with E-state index in [1.165, 1.54) is 0 Å². The zero-order valence-corrected chi connectivity index (χ0v) is 14.1. The van der Waals surface area contributed by atoms with E-state index in [0.29, 0.717) is 28.6 Å². The number of nitrogens with zero attached hydrogens (tertiary/aromatic N) is 2. The summed E-state index contributed by atoms with van der Waals surface area (Å²) in [6, 6.07) is 5.36. The molecule has 7 nitrogen and oxygen atoms in total. The van der Waals surface area contributed by atoms with Crippen molar-refractivity contribution in [1.82, 2.24) is 9.97 Å². The molecular weight excluding hydrogens is 308 g/mol. The molecule has 0 atom stereocenters. The quantitative estimate of drug-likeness (QED) is 0.802. The molecule has 0 spiro atoms. The molecule has 1 aliphatic rings. The molecule has 0 bridgehead atoms. The highest BCUT2D eigenvalue weighted by atomic mass is 16.5. The summed E-state index contributed by atoms with van der Waals surface area (Å²) in [7, 11) is 3.15. The minimum Gasteiger partial charge on any atom is -0.509 e. The van der Waals surface area contributed by atoms with Crippen molar-refractivity contribution in [2.45, 2.75) is 13.8 Å². The third-order valence-electron chi connectivity index (χ3n) is 4.12. The van der Waals surface area contributed by atoms with E-state index < -0.39 is 0 Å². The Morgan fingerprint density at radius 3 is 2.29 bits per heavy atom. The maximum absolute atomic E-state index is 10.4. The lowest BCUT2D eigenvalue weighted by Gasteiger charge is -2.20. The minimum absolute atomic E-state index is 0.107. The Kier molecular flexibility index (Phi) is 3.92. The number of hydrogen-bond acceptors (Lipinski definition) is 5. The number of aliphatic hydroxyl groups excluding tert-OH is 1. The van der Waals surface area contributed by atoms with Crippen LogP contribution in [0.3, 0.4) is 0 Å². The summed E-state index contributed by atoms with van der Waals surface area (Å²) in [5.74, 6) is 2.03. The van der Waals surface area contributed by atoms with Crippen LogP contribution in [0, 0.1) is 19.3 Å². The van der Waals surface area contributed by atoms with Crippen LogP contribution in [0.25, 0.3) is 5.57 Å². The van der Waals surface area contributed by atoms with Crippen LogP contribution in [0.15, 0.2) is 24.0 Å². The van der Waals surface area contributed by atoms with E-state index in [1.54, 1.807) is 37.3 Å². The number of aromatic nitrogens is 2. The summed E-state index contributed by atoms with van der Waals surface area (Å²) >= 11 is 0. The van der Waals surface area contributed by atoms with Crippen molar-refractivity contribution in [2.24, 2.45) is 0 Å². The normalized spacial score (nSPS) is 14.5. The molecule has 3 rings (SSSR count). The zero-order valence-electron chi connectivity index (χ0n) is 14.1. The Hall–Kier alpha value is -2.96. The lowest BCUT2D eigenvalue weighted by atomic mass is 10.2. The van der Waals surface area contributed by atoms with Gasteiger partial charge in [-0.25, -0.2) is 4.98 Å². The van der Waals surface area contributed by atoms with Crippen LogP contribution in [0.2, 0.25) is 0 Å². The van der Waals surface area contributed by atoms with Crippen LogP contribution in [-0.4, -0.2) is 41.7 Å². The monoisotopic (exact) mass is 328 g/mol. The first-order chi connectivity index (χ1) is 11.4. The molecule has 0 aliphatic carbocycles. The van der Waals surface area contributed by atoms with Crippen molar-refractivity contribution in [3.8, 4) is 11.5 Å². The van der Waals surface area contributed by atoms with Crippen LogP contribution >= 0.6 is 0 Å². The summed E-state index contributed by atoms with van der Waals surface area (Å²) in [6.07, 6.45) is 0. The van der Waals surface area contributed by atoms with E-state index in [0.717, 1.165) is 11.4 Å². The van der Waals surface area contributed by atoms with E-state index in [2.05, 4.69) is 9.97 Å². The molecule has 1 aromatic carbocycles. The zero-order chi connectivity index (χ0) is 17.4. The van der Waals surface area contributed by atoms with Crippen molar-refractivity contribution >= 4 is 17.1 Å². The number of methoxy groups -OCH3 is 2. The summed E-state index contributed by atoms with van der Waals surface area (Å²) in [5, 5.41) is 18.8. The number of benzene rings is 1. The second kappa shape index (κ2) is 5.92. The fourth-order valence-electron chi connectivity index (χ4n) is 2.66. The first-order valence-corrected chi connectivity index (χ1v) is 7.49. The van der Waals surface area contributed by atoms with Gasteiger partial charge in [0.2, 0.25) is 0 Å². The lowest BCUT2D eigenvalue weighted by Crippen LogP contribution is -2.26. The van der Waals surface area contributed by atoms with E-state index in [1.807, 2.05) is 13.8 Å². The molecular formula is C17H20N4O3. The lowest BCUT2D eigenvalue weighted by molar-refractivity contribution is 0.394. The summed E-state index contributed by atoms with van der Waals surface area (Å²) in [5.41, 5.74) is 2.88. The van der Waals surface area contributed by atoms with E-state index in [-0.39, 0.29) is 18.1 Å². The predicted molar refractivity (Wildman–Crippen MR) is 92.2 cm³/mol. The Bertz CT molecular complexity index is 797. The standard InChI is InChI=1S/C17H20N4O3/c1-9-10(2)20-17(19-9)15-14(22)8-21(16(15)18)11-5-12(23-3)7-13(6-11)24-4/h5-7,18,22H,8H2,1-4H3,(H,19,20). The van der Waals surface area contributed by atoms with E-state index >= 15 is 0 Å². The van der Waals surface area contributed by atoms with Crippen molar-refractivity contribution in [3.63, 3.8) is 0 Å². The molecule has 0 radical (unpaired) electrons. The van der Waals surface area contributed by atoms with Crippen molar-refractivity contribution in [1.29, 1.82) is 5.41 Å². The Balaban J connectivity index is 1.98. The third-order valence-corrected chi connectivity index (χ3v) is 4.12. The molecule has 1 aliphatic heterocycles. The number of anilines is 1. The molecule has 7 heteroatoms. The largest absolute Gasteiger partial charge is 0.509 e. The second-order valence-corrected chi connectivity index (χ2v) is 5.62. The highest BCUT2D eigenvalue weighted by molar-refractivity contribution is 6.30. The van der Waals surface area contributed by atoms with Gasteiger partial charge in [0.1, 0.15) is 28.9 Å². The minimum atomic E-state index is 0.107. The molecule has 0 fully saturated rings. The van der Waals surface area contributed by atoms with Gasteiger partial charge < -0.3 is 24.5 Å². The molecule has 3 N–H and O–H groups in total. The van der Waals surface area contributed by atoms with Gasteiger partial charge in [0.15, 0.2) is 0 Å². The SMILES string of the molecule is COc1cc(OC)cc(N2CC(O)=C(c3nc(C)c(C)[nH]3)C2=N)c1. The van der Waals surface area contributed by atoms with Gasteiger partial charge in [0, 0.05) is 23.9 Å². The summed E-state index contributed by atoms with van der Waals surface area (Å²) in [6.45, 7) is 3.99. The Morgan fingerprint density at radius 2 is 1.79 bits per heavy atom. The fourth-order valence-corrected chi connectivity index (χ4v) is 2.66. The molecule has 0 saturated heterocycles. The van der Waals surface area contributed by atoms with Gasteiger partial charge >= 0.3 is 0 Å². The Labute approximate surface area is 140 Å². The summed E-state index contributed by atoms with van der Waals surface area (Å²) < 4.78 is 10.6. The van der Waals surface area contributed by atoms with E-state index in [4.69, 9.17) is 14.9 Å². The molecule has 126 valence electrons. The maximum atomic E-state index is 10.4. The van der Waals surface area contributed by atoms with Crippen LogP contribution in [0.1, 0.15) is 17.2 Å². The van der Waals surface area contributed by atoms with Crippen LogP contribution < -0.4 is 14.4 Å². The molecule has 2 aromatic rings. The number of H-pyrrole nitrogens is 1. The number of ether oxygens (including phenoxy) is 2. The average molecular weight is 328 g/mol. The number of hydrogen-bond donors (Lipinski definition) is 3. The smallest absolute Gasteiger partial charge is 0.145 e. The fraction of sp³-hybridized carbons (Fsp3) is 0.294. The first kappa shape index (κ1) is 15.9. The first-order valence-electron chi connectivity index (χ1n) is 7.49. The number of aromatic amines is 1. The highest BCUT2D eigenvalue weighted by Crippen LogP contribution is 2.34. The molecule has 0 unspecified atom stereocenters. The van der Waals surface area contributed by atoms with Gasteiger partial charge in [-0.15, -0.1) is 0 Å². The van der Waals surface area contributed by atoms with Crippen molar-refractivity contribution < 1.29 is 14.6 Å². The van der Waals surface area contributed by atoms with Gasteiger partial charge in [0.05, 0.1) is 37.7 Å².